The molecule has 0 aromatic heterocycles. The average Bonchev–Trinajstić information content (AvgIpc) is 3.13. The van der Waals surface area contributed by atoms with Gasteiger partial charge in [-0.25, -0.2) is 0 Å². The number of phenols is 1. The Labute approximate surface area is 210 Å². The van der Waals surface area contributed by atoms with Crippen LogP contribution in [-0.4, -0.2) is 36.1 Å². The molecule has 3 aromatic rings. The lowest BCUT2D eigenvalue weighted by molar-refractivity contribution is -0.132. The molecule has 0 radical (unpaired) electrons. The van der Waals surface area contributed by atoms with Crippen molar-refractivity contribution in [1.82, 2.24) is 0 Å². The Morgan fingerprint density at radius 2 is 1.61 bits per heavy atom. The minimum Gasteiger partial charge on any atom is -0.508 e. The zero-order chi connectivity index (χ0) is 26.2. The van der Waals surface area contributed by atoms with Gasteiger partial charge in [0.15, 0.2) is 0 Å². The second-order valence-corrected chi connectivity index (χ2v) is 9.63. The Kier molecular flexibility index (Phi) is 6.50. The first-order chi connectivity index (χ1) is 17.1. The van der Waals surface area contributed by atoms with Crippen LogP contribution in [0.1, 0.15) is 43.5 Å². The van der Waals surface area contributed by atoms with Gasteiger partial charge in [-0.05, 0) is 52.9 Å². The number of carbonyl (C=O) groups is 2. The van der Waals surface area contributed by atoms with E-state index >= 15 is 0 Å². The molecule has 7 heteroatoms. The molecule has 1 aliphatic rings. The van der Waals surface area contributed by atoms with E-state index in [1.165, 1.54) is 31.3 Å². The van der Waals surface area contributed by atoms with Crippen LogP contribution in [0.4, 0.5) is 5.69 Å². The molecule has 0 spiro atoms. The highest BCUT2D eigenvalue weighted by molar-refractivity contribution is 6.51. The van der Waals surface area contributed by atoms with Gasteiger partial charge in [0.05, 0.1) is 31.4 Å². The first kappa shape index (κ1) is 24.9. The van der Waals surface area contributed by atoms with Crippen LogP contribution in [0.15, 0.2) is 72.3 Å². The van der Waals surface area contributed by atoms with Gasteiger partial charge >= 0.3 is 0 Å². The van der Waals surface area contributed by atoms with Gasteiger partial charge in [-0.3, -0.25) is 14.5 Å². The largest absolute Gasteiger partial charge is 0.508 e. The van der Waals surface area contributed by atoms with Crippen molar-refractivity contribution in [3.05, 3.63) is 89.0 Å². The predicted octanol–water partition coefficient (Wildman–Crippen LogP) is 5.33. The van der Waals surface area contributed by atoms with E-state index in [-0.39, 0.29) is 22.5 Å². The maximum absolute atomic E-state index is 13.5. The molecule has 0 bridgehead atoms. The second kappa shape index (κ2) is 9.41. The predicted molar refractivity (Wildman–Crippen MR) is 138 cm³/mol. The summed E-state index contributed by atoms with van der Waals surface area (Å²) in [5.41, 5.74) is 1.92. The van der Waals surface area contributed by atoms with Gasteiger partial charge in [-0.2, -0.15) is 0 Å². The van der Waals surface area contributed by atoms with Crippen LogP contribution in [-0.2, 0) is 15.0 Å². The summed E-state index contributed by atoms with van der Waals surface area (Å²) in [6.07, 6.45) is 0. The lowest BCUT2D eigenvalue weighted by Gasteiger charge is -2.26. The van der Waals surface area contributed by atoms with E-state index in [0.717, 1.165) is 5.56 Å². The van der Waals surface area contributed by atoms with Gasteiger partial charge < -0.3 is 19.7 Å². The molecule has 0 aliphatic carbocycles. The Balaban J connectivity index is 1.99. The highest BCUT2D eigenvalue weighted by atomic mass is 16.5. The van der Waals surface area contributed by atoms with Crippen molar-refractivity contribution in [3.8, 4) is 17.2 Å². The summed E-state index contributed by atoms with van der Waals surface area (Å²) in [6, 6.07) is 17.5. The Morgan fingerprint density at radius 1 is 0.917 bits per heavy atom. The number of carbonyl (C=O) groups excluding carboxylic acids is 2. The van der Waals surface area contributed by atoms with Crippen molar-refractivity contribution in [1.29, 1.82) is 0 Å². The average molecular weight is 488 g/mol. The minimum atomic E-state index is -0.944. The summed E-state index contributed by atoms with van der Waals surface area (Å²) in [6.45, 7) is 6.12. The number of amides is 1. The fourth-order valence-corrected chi connectivity index (χ4v) is 4.34. The van der Waals surface area contributed by atoms with Crippen molar-refractivity contribution in [3.63, 3.8) is 0 Å². The van der Waals surface area contributed by atoms with Crippen molar-refractivity contribution < 1.29 is 29.3 Å². The lowest BCUT2D eigenvalue weighted by Crippen LogP contribution is -2.29. The van der Waals surface area contributed by atoms with E-state index < -0.39 is 17.7 Å². The molecule has 7 nitrogen and oxygen atoms in total. The summed E-state index contributed by atoms with van der Waals surface area (Å²) in [7, 11) is 2.99. The second-order valence-electron chi connectivity index (χ2n) is 9.63. The van der Waals surface area contributed by atoms with Crippen LogP contribution in [0.3, 0.4) is 0 Å². The van der Waals surface area contributed by atoms with Crippen LogP contribution in [0.25, 0.3) is 5.76 Å². The summed E-state index contributed by atoms with van der Waals surface area (Å²) in [5, 5.41) is 21.4. The Morgan fingerprint density at radius 3 is 2.22 bits per heavy atom. The molecule has 3 aromatic carbocycles. The molecule has 1 fully saturated rings. The van der Waals surface area contributed by atoms with Gasteiger partial charge in [0.25, 0.3) is 11.7 Å². The van der Waals surface area contributed by atoms with Crippen LogP contribution in [0, 0.1) is 0 Å². The van der Waals surface area contributed by atoms with Crippen molar-refractivity contribution in [2.75, 3.05) is 19.1 Å². The standard InChI is InChI=1S/C29H29NO6/c1-29(2,3)18-11-14-23(36-5)22(15-18)26(32)24-25(17-9-12-20(31)13-10-17)30(28(34)27(24)33)19-7-6-8-21(16-19)35-4/h6-16,25,31-32H,1-5H3/b26-24+. The highest BCUT2D eigenvalue weighted by Crippen LogP contribution is 2.44. The number of aromatic hydroxyl groups is 1. The lowest BCUT2D eigenvalue weighted by atomic mass is 9.85. The van der Waals surface area contributed by atoms with E-state index in [1.807, 2.05) is 26.8 Å². The third-order valence-corrected chi connectivity index (χ3v) is 6.31. The zero-order valence-electron chi connectivity index (χ0n) is 20.9. The molecule has 36 heavy (non-hydrogen) atoms. The first-order valence-electron chi connectivity index (χ1n) is 11.5. The zero-order valence-corrected chi connectivity index (χ0v) is 20.9. The number of rotatable bonds is 5. The number of hydrogen-bond acceptors (Lipinski definition) is 6. The maximum Gasteiger partial charge on any atom is 0.300 e. The number of ketones is 1. The quantitative estimate of drug-likeness (QED) is 0.287. The number of aliphatic hydroxyl groups is 1. The molecule has 1 heterocycles. The SMILES string of the molecule is COc1cccc(N2C(=O)C(=O)/C(=C(/O)c3cc(C(C)(C)C)ccc3OC)C2c2ccc(O)cc2)c1. The molecule has 0 saturated carbocycles. The van der Waals surface area contributed by atoms with Crippen LogP contribution in [0.5, 0.6) is 17.2 Å². The number of ether oxygens (including phenoxy) is 2. The fraction of sp³-hybridized carbons (Fsp3) is 0.241. The molecule has 1 saturated heterocycles. The van der Waals surface area contributed by atoms with Crippen LogP contribution in [0.2, 0.25) is 0 Å². The summed E-state index contributed by atoms with van der Waals surface area (Å²) in [4.78, 5) is 28.2. The van der Waals surface area contributed by atoms with Crippen molar-refractivity contribution >= 4 is 23.1 Å². The summed E-state index contributed by atoms with van der Waals surface area (Å²) >= 11 is 0. The normalized spacial score (nSPS) is 17.4. The van der Waals surface area contributed by atoms with Gasteiger partial charge in [-0.1, -0.05) is 45.0 Å². The van der Waals surface area contributed by atoms with E-state index in [1.54, 1.807) is 48.5 Å². The Hall–Kier alpha value is -4.26. The van der Waals surface area contributed by atoms with Gasteiger partial charge in [0.2, 0.25) is 0 Å². The van der Waals surface area contributed by atoms with E-state index in [0.29, 0.717) is 28.3 Å². The van der Waals surface area contributed by atoms with Crippen LogP contribution < -0.4 is 14.4 Å². The highest BCUT2D eigenvalue weighted by Gasteiger charge is 2.47. The fourth-order valence-electron chi connectivity index (χ4n) is 4.34. The number of benzene rings is 3. The molecule has 2 N–H and O–H groups in total. The van der Waals surface area contributed by atoms with Gasteiger partial charge in [0, 0.05) is 11.8 Å². The molecule has 1 aliphatic heterocycles. The Bertz CT molecular complexity index is 1350. The van der Waals surface area contributed by atoms with E-state index in [2.05, 4.69) is 0 Å². The topological polar surface area (TPSA) is 96.3 Å². The smallest absolute Gasteiger partial charge is 0.300 e. The first-order valence-corrected chi connectivity index (χ1v) is 11.5. The molecular weight excluding hydrogens is 458 g/mol. The molecule has 186 valence electrons. The molecule has 1 atom stereocenters. The van der Waals surface area contributed by atoms with E-state index in [4.69, 9.17) is 9.47 Å². The summed E-state index contributed by atoms with van der Waals surface area (Å²) in [5.74, 6) is -1.02. The third-order valence-electron chi connectivity index (χ3n) is 6.31. The van der Waals surface area contributed by atoms with Crippen molar-refractivity contribution in [2.45, 2.75) is 32.2 Å². The number of hydrogen-bond donors (Lipinski definition) is 2. The van der Waals surface area contributed by atoms with E-state index in [9.17, 15) is 19.8 Å². The number of Topliss-reactive ketones (excluding diaryl/α,β-unsaturated/α-hetero) is 1. The minimum absolute atomic E-state index is 0.0385. The number of aliphatic hydroxyl groups excluding tert-OH is 1. The molecule has 4 rings (SSSR count). The molecule has 1 unspecified atom stereocenters. The van der Waals surface area contributed by atoms with Gasteiger partial charge in [0.1, 0.15) is 23.0 Å². The maximum atomic E-state index is 13.5. The molecular formula is C29H29NO6. The summed E-state index contributed by atoms with van der Waals surface area (Å²) < 4.78 is 10.8. The van der Waals surface area contributed by atoms with Crippen LogP contribution >= 0.6 is 0 Å². The van der Waals surface area contributed by atoms with Crippen molar-refractivity contribution in [2.24, 2.45) is 0 Å². The monoisotopic (exact) mass is 487 g/mol. The number of phenolic OH excluding ortho intramolecular Hbond substituents is 1. The number of methoxy groups -OCH3 is 2. The van der Waals surface area contributed by atoms with Gasteiger partial charge in [-0.15, -0.1) is 0 Å². The third kappa shape index (κ3) is 4.40. The molecule has 1 amide bonds. The number of anilines is 1. The number of nitrogens with zero attached hydrogens (tertiary/aromatic N) is 1.